The lowest BCUT2D eigenvalue weighted by Gasteiger charge is -2.35. The summed E-state index contributed by atoms with van der Waals surface area (Å²) in [7, 11) is 3.48. The van der Waals surface area contributed by atoms with Gasteiger partial charge in [0.15, 0.2) is 0 Å². The van der Waals surface area contributed by atoms with Gasteiger partial charge in [0.05, 0.1) is 0 Å². The summed E-state index contributed by atoms with van der Waals surface area (Å²) in [6, 6.07) is -0.0582. The average Bonchev–Trinajstić information content (AvgIpc) is 2.86. The predicted molar refractivity (Wildman–Crippen MR) is 100 cm³/mol. The number of nitrogens with zero attached hydrogens (tertiary/aromatic N) is 4. The Kier molecular flexibility index (Phi) is 5.93. The molecule has 0 N–H and O–H groups in total. The van der Waals surface area contributed by atoms with Crippen LogP contribution in [0.15, 0.2) is 0 Å². The summed E-state index contributed by atoms with van der Waals surface area (Å²) in [6.45, 7) is 6.60. The van der Waals surface area contributed by atoms with Crippen molar-refractivity contribution >= 4 is 17.8 Å². The highest BCUT2D eigenvalue weighted by Crippen LogP contribution is 2.36. The number of urea groups is 1. The summed E-state index contributed by atoms with van der Waals surface area (Å²) >= 11 is 0. The minimum atomic E-state index is -0.379. The lowest BCUT2D eigenvalue weighted by molar-refractivity contribution is -0.139. The Morgan fingerprint density at radius 1 is 1.11 bits per heavy atom. The van der Waals surface area contributed by atoms with Gasteiger partial charge in [0.25, 0.3) is 0 Å². The fraction of sp³-hybridized carbons (Fsp3) is 0.842. The molecule has 3 aliphatic heterocycles. The largest absolute Gasteiger partial charge is 0.381 e. The first-order valence-electron chi connectivity index (χ1n) is 9.96. The van der Waals surface area contributed by atoms with E-state index in [0.29, 0.717) is 58.9 Å². The SMILES string of the molecule is CCN1CC2(CC1=O)CN(C(=O)C1CCOCC1)CCN(C(=O)N(C)C)C2. The van der Waals surface area contributed by atoms with E-state index in [1.165, 1.54) is 0 Å². The summed E-state index contributed by atoms with van der Waals surface area (Å²) in [5.41, 5.74) is -0.379. The van der Waals surface area contributed by atoms with Gasteiger partial charge in [-0.05, 0) is 19.8 Å². The molecule has 0 aromatic heterocycles. The Bertz CT molecular complexity index is 590. The standard InChI is InChI=1S/C19H32N4O4/c1-4-21-12-19(11-16(21)24)13-22(17(25)15-5-9-27-10-6-15)7-8-23(14-19)18(26)20(2)3/h15H,4-14H2,1-3H3. The van der Waals surface area contributed by atoms with Crippen LogP contribution in [0.1, 0.15) is 26.2 Å². The molecule has 1 atom stereocenters. The summed E-state index contributed by atoms with van der Waals surface area (Å²) in [5.74, 6) is 0.264. The van der Waals surface area contributed by atoms with E-state index in [1.54, 1.807) is 19.0 Å². The molecular formula is C19H32N4O4. The van der Waals surface area contributed by atoms with Crippen LogP contribution in [0.2, 0.25) is 0 Å². The number of likely N-dealkylation sites (tertiary alicyclic amines) is 1. The highest BCUT2D eigenvalue weighted by atomic mass is 16.5. The zero-order valence-electron chi connectivity index (χ0n) is 16.8. The molecule has 3 saturated heterocycles. The molecule has 0 aromatic rings. The Hall–Kier alpha value is -1.83. The van der Waals surface area contributed by atoms with Crippen LogP contribution in [0.25, 0.3) is 0 Å². The van der Waals surface area contributed by atoms with Crippen molar-refractivity contribution in [2.45, 2.75) is 26.2 Å². The second-order valence-electron chi connectivity index (χ2n) is 8.33. The van der Waals surface area contributed by atoms with Gasteiger partial charge in [-0.2, -0.15) is 0 Å². The van der Waals surface area contributed by atoms with Gasteiger partial charge in [0.1, 0.15) is 0 Å². The molecule has 8 nitrogen and oxygen atoms in total. The van der Waals surface area contributed by atoms with E-state index in [9.17, 15) is 14.4 Å². The van der Waals surface area contributed by atoms with E-state index in [1.807, 2.05) is 21.6 Å². The lowest BCUT2D eigenvalue weighted by Crippen LogP contribution is -2.48. The van der Waals surface area contributed by atoms with Crippen molar-refractivity contribution in [2.24, 2.45) is 11.3 Å². The number of carbonyl (C=O) groups excluding carboxylic acids is 3. The molecule has 27 heavy (non-hydrogen) atoms. The second kappa shape index (κ2) is 8.04. The van der Waals surface area contributed by atoms with E-state index < -0.39 is 0 Å². The molecule has 0 bridgehead atoms. The molecule has 3 rings (SSSR count). The first-order valence-corrected chi connectivity index (χ1v) is 9.96. The number of carbonyl (C=O) groups is 3. The molecule has 3 fully saturated rings. The minimum absolute atomic E-state index is 0.00807. The van der Waals surface area contributed by atoms with Crippen molar-refractivity contribution in [1.82, 2.24) is 19.6 Å². The topological polar surface area (TPSA) is 73.4 Å². The number of ether oxygens (including phenoxy) is 1. The third-order valence-corrected chi connectivity index (χ3v) is 6.01. The van der Waals surface area contributed by atoms with Gasteiger partial charge in [-0.25, -0.2) is 4.79 Å². The Labute approximate surface area is 161 Å². The Balaban J connectivity index is 1.82. The molecule has 3 heterocycles. The van der Waals surface area contributed by atoms with Gasteiger partial charge >= 0.3 is 6.03 Å². The van der Waals surface area contributed by atoms with Crippen LogP contribution in [0.3, 0.4) is 0 Å². The van der Waals surface area contributed by atoms with Crippen molar-refractivity contribution in [3.63, 3.8) is 0 Å². The van der Waals surface area contributed by atoms with Gasteiger partial charge in [-0.3, -0.25) is 9.59 Å². The van der Waals surface area contributed by atoms with Gasteiger partial charge in [0, 0.05) is 84.3 Å². The molecule has 1 spiro atoms. The van der Waals surface area contributed by atoms with Gasteiger partial charge in [-0.15, -0.1) is 0 Å². The van der Waals surface area contributed by atoms with Crippen LogP contribution in [0, 0.1) is 11.3 Å². The Morgan fingerprint density at radius 2 is 1.74 bits per heavy atom. The molecule has 0 radical (unpaired) electrons. The maximum absolute atomic E-state index is 13.1. The van der Waals surface area contributed by atoms with E-state index in [2.05, 4.69) is 0 Å². The number of hydrogen-bond donors (Lipinski definition) is 0. The van der Waals surface area contributed by atoms with E-state index in [0.717, 1.165) is 12.8 Å². The maximum Gasteiger partial charge on any atom is 0.319 e. The molecule has 0 saturated carbocycles. The molecule has 8 heteroatoms. The first-order chi connectivity index (χ1) is 12.8. The molecule has 3 aliphatic rings. The van der Waals surface area contributed by atoms with Crippen molar-refractivity contribution in [2.75, 3.05) is 66.6 Å². The zero-order chi connectivity index (χ0) is 19.6. The van der Waals surface area contributed by atoms with Crippen LogP contribution in [0.4, 0.5) is 4.79 Å². The summed E-state index contributed by atoms with van der Waals surface area (Å²) in [4.78, 5) is 45.4. The fourth-order valence-electron chi connectivity index (χ4n) is 4.58. The van der Waals surface area contributed by atoms with E-state index in [-0.39, 0.29) is 29.2 Å². The average molecular weight is 380 g/mol. The molecule has 4 amide bonds. The normalized spacial score (nSPS) is 27.2. The highest BCUT2D eigenvalue weighted by Gasteiger charge is 2.48. The second-order valence-corrected chi connectivity index (χ2v) is 8.33. The molecular weight excluding hydrogens is 348 g/mol. The molecule has 152 valence electrons. The number of rotatable bonds is 2. The zero-order valence-corrected chi connectivity index (χ0v) is 16.8. The monoisotopic (exact) mass is 380 g/mol. The number of hydrogen-bond acceptors (Lipinski definition) is 4. The van der Waals surface area contributed by atoms with Crippen LogP contribution in [-0.2, 0) is 14.3 Å². The van der Waals surface area contributed by atoms with Gasteiger partial charge in [0.2, 0.25) is 11.8 Å². The van der Waals surface area contributed by atoms with Crippen molar-refractivity contribution in [1.29, 1.82) is 0 Å². The van der Waals surface area contributed by atoms with E-state index >= 15 is 0 Å². The highest BCUT2D eigenvalue weighted by molar-refractivity contribution is 5.82. The van der Waals surface area contributed by atoms with Crippen molar-refractivity contribution in [3.05, 3.63) is 0 Å². The quantitative estimate of drug-likeness (QED) is 0.698. The smallest absolute Gasteiger partial charge is 0.319 e. The molecule has 0 aromatic carbocycles. The van der Waals surface area contributed by atoms with Crippen LogP contribution in [-0.4, -0.2) is 104 Å². The minimum Gasteiger partial charge on any atom is -0.381 e. The van der Waals surface area contributed by atoms with Crippen LogP contribution < -0.4 is 0 Å². The predicted octanol–water partition coefficient (Wildman–Crippen LogP) is 0.477. The van der Waals surface area contributed by atoms with Crippen molar-refractivity contribution in [3.8, 4) is 0 Å². The lowest BCUT2D eigenvalue weighted by atomic mass is 9.85. The molecule has 1 unspecified atom stereocenters. The number of amides is 4. The maximum atomic E-state index is 13.1. The summed E-state index contributed by atoms with van der Waals surface area (Å²) in [5, 5.41) is 0. The Morgan fingerprint density at radius 3 is 2.33 bits per heavy atom. The third-order valence-electron chi connectivity index (χ3n) is 6.01. The first kappa shape index (κ1) is 19.9. The fourth-order valence-corrected chi connectivity index (χ4v) is 4.58. The summed E-state index contributed by atoms with van der Waals surface area (Å²) < 4.78 is 5.39. The van der Waals surface area contributed by atoms with Crippen LogP contribution >= 0.6 is 0 Å². The van der Waals surface area contributed by atoms with E-state index in [4.69, 9.17) is 4.74 Å². The van der Waals surface area contributed by atoms with Gasteiger partial charge < -0.3 is 24.3 Å². The molecule has 0 aliphatic carbocycles. The third kappa shape index (κ3) is 4.20. The van der Waals surface area contributed by atoms with Crippen molar-refractivity contribution < 1.29 is 19.1 Å². The summed E-state index contributed by atoms with van der Waals surface area (Å²) in [6.07, 6.45) is 1.90. The van der Waals surface area contributed by atoms with Crippen LogP contribution in [0.5, 0.6) is 0 Å². The van der Waals surface area contributed by atoms with Gasteiger partial charge in [-0.1, -0.05) is 0 Å².